The first kappa shape index (κ1) is 11.4. The van der Waals surface area contributed by atoms with Crippen molar-refractivity contribution in [3.8, 4) is 11.3 Å². The predicted molar refractivity (Wildman–Crippen MR) is 65.0 cm³/mol. The lowest BCUT2D eigenvalue weighted by Crippen LogP contribution is -2.04. The summed E-state index contributed by atoms with van der Waals surface area (Å²) in [6, 6.07) is 7.99. The Morgan fingerprint density at radius 3 is 2.47 bits per heavy atom. The molecule has 0 bridgehead atoms. The van der Waals surface area contributed by atoms with Gasteiger partial charge in [0.25, 0.3) is 0 Å². The van der Waals surface area contributed by atoms with Crippen LogP contribution in [0.25, 0.3) is 11.3 Å². The molecule has 0 radical (unpaired) electrons. The number of imidazole rings is 1. The van der Waals surface area contributed by atoms with Crippen molar-refractivity contribution in [2.75, 3.05) is 0 Å². The summed E-state index contributed by atoms with van der Waals surface area (Å²) < 4.78 is 1.52. The number of nitrogens with zero attached hydrogens (tertiary/aromatic N) is 2. The minimum atomic E-state index is -1.01. The average Bonchev–Trinajstić information content (AvgIpc) is 2.71. The van der Waals surface area contributed by atoms with E-state index < -0.39 is 5.97 Å². The van der Waals surface area contributed by atoms with Crippen molar-refractivity contribution in [2.24, 2.45) is 7.05 Å². The molecule has 0 fully saturated rings. The first-order valence-corrected chi connectivity index (χ1v) is 5.47. The van der Waals surface area contributed by atoms with Gasteiger partial charge in [-0.25, -0.2) is 9.78 Å². The Morgan fingerprint density at radius 2 is 2.00 bits per heavy atom. The Labute approximate surface area is 99.5 Å². The topological polar surface area (TPSA) is 55.1 Å². The van der Waals surface area contributed by atoms with E-state index in [1.54, 1.807) is 13.2 Å². The van der Waals surface area contributed by atoms with Crippen LogP contribution in [0.5, 0.6) is 0 Å². The van der Waals surface area contributed by atoms with E-state index >= 15 is 0 Å². The molecule has 2 rings (SSSR count). The van der Waals surface area contributed by atoms with Gasteiger partial charge in [-0.3, -0.25) is 0 Å². The van der Waals surface area contributed by atoms with Gasteiger partial charge in [-0.1, -0.05) is 31.2 Å². The second kappa shape index (κ2) is 4.41. The predicted octanol–water partition coefficient (Wildman–Crippen LogP) is 2.35. The second-order valence-corrected chi connectivity index (χ2v) is 3.92. The number of aromatic nitrogens is 2. The Bertz CT molecular complexity index is 541. The van der Waals surface area contributed by atoms with Crippen molar-refractivity contribution in [3.05, 3.63) is 41.9 Å². The number of hydrogen-bond donors (Lipinski definition) is 1. The molecule has 1 aromatic heterocycles. The summed E-state index contributed by atoms with van der Waals surface area (Å²) >= 11 is 0. The first-order valence-electron chi connectivity index (χ1n) is 5.47. The van der Waals surface area contributed by atoms with Crippen LogP contribution >= 0.6 is 0 Å². The standard InChI is InChI=1S/C13H14N2O2/c1-3-9-4-6-10(7-5-9)11-8-15(2)12(14-11)13(16)17/h4-8H,3H2,1-2H3,(H,16,17). The molecular weight excluding hydrogens is 216 g/mol. The molecule has 0 aliphatic carbocycles. The van der Waals surface area contributed by atoms with E-state index in [1.165, 1.54) is 10.1 Å². The van der Waals surface area contributed by atoms with Gasteiger partial charge >= 0.3 is 5.97 Å². The zero-order valence-electron chi connectivity index (χ0n) is 9.84. The van der Waals surface area contributed by atoms with Crippen molar-refractivity contribution in [1.82, 2.24) is 9.55 Å². The smallest absolute Gasteiger partial charge is 0.372 e. The Morgan fingerprint density at radius 1 is 1.35 bits per heavy atom. The van der Waals surface area contributed by atoms with Gasteiger partial charge in [-0.15, -0.1) is 0 Å². The van der Waals surface area contributed by atoms with Crippen molar-refractivity contribution >= 4 is 5.97 Å². The van der Waals surface area contributed by atoms with Crippen LogP contribution < -0.4 is 0 Å². The molecule has 2 aromatic rings. The lowest BCUT2D eigenvalue weighted by Gasteiger charge is -1.98. The molecule has 1 heterocycles. The van der Waals surface area contributed by atoms with Crippen LogP contribution in [-0.4, -0.2) is 20.6 Å². The van der Waals surface area contributed by atoms with E-state index in [2.05, 4.69) is 11.9 Å². The maximum absolute atomic E-state index is 10.9. The number of carboxylic acids is 1. The lowest BCUT2D eigenvalue weighted by molar-refractivity contribution is 0.0680. The summed E-state index contributed by atoms with van der Waals surface area (Å²) in [7, 11) is 1.68. The van der Waals surface area contributed by atoms with Gasteiger partial charge in [-0.2, -0.15) is 0 Å². The number of carbonyl (C=O) groups is 1. The molecule has 0 saturated heterocycles. The molecule has 4 nitrogen and oxygen atoms in total. The van der Waals surface area contributed by atoms with Crippen molar-refractivity contribution in [2.45, 2.75) is 13.3 Å². The van der Waals surface area contributed by atoms with E-state index in [1.807, 2.05) is 24.3 Å². The molecule has 4 heteroatoms. The lowest BCUT2D eigenvalue weighted by atomic mass is 10.1. The minimum Gasteiger partial charge on any atom is -0.475 e. The third-order valence-corrected chi connectivity index (χ3v) is 2.73. The molecule has 0 unspecified atom stereocenters. The van der Waals surface area contributed by atoms with Gasteiger partial charge in [-0.05, 0) is 12.0 Å². The van der Waals surface area contributed by atoms with E-state index in [9.17, 15) is 4.79 Å². The highest BCUT2D eigenvalue weighted by Crippen LogP contribution is 2.19. The summed E-state index contributed by atoms with van der Waals surface area (Å²) in [5.74, 6) is -0.955. The number of aryl methyl sites for hydroxylation is 2. The van der Waals surface area contributed by atoms with Crippen molar-refractivity contribution < 1.29 is 9.90 Å². The molecular formula is C13H14N2O2. The van der Waals surface area contributed by atoms with E-state index in [0.717, 1.165) is 12.0 Å². The Kier molecular flexibility index (Phi) is 2.95. The highest BCUT2D eigenvalue weighted by Gasteiger charge is 2.12. The molecule has 1 N–H and O–H groups in total. The van der Waals surface area contributed by atoms with Crippen LogP contribution in [0.4, 0.5) is 0 Å². The number of hydrogen-bond acceptors (Lipinski definition) is 2. The third kappa shape index (κ3) is 2.20. The highest BCUT2D eigenvalue weighted by molar-refractivity contribution is 5.84. The number of rotatable bonds is 3. The molecule has 17 heavy (non-hydrogen) atoms. The van der Waals surface area contributed by atoms with Crippen LogP contribution in [0.2, 0.25) is 0 Å². The van der Waals surface area contributed by atoms with Crippen LogP contribution in [0.15, 0.2) is 30.5 Å². The molecule has 1 aromatic carbocycles. The molecule has 0 saturated carbocycles. The highest BCUT2D eigenvalue weighted by atomic mass is 16.4. The Hall–Kier alpha value is -2.10. The van der Waals surface area contributed by atoms with E-state index in [4.69, 9.17) is 5.11 Å². The van der Waals surface area contributed by atoms with Crippen LogP contribution in [0.1, 0.15) is 23.1 Å². The summed E-state index contributed by atoms with van der Waals surface area (Å²) in [5.41, 5.74) is 2.88. The fraction of sp³-hybridized carbons (Fsp3) is 0.231. The van der Waals surface area contributed by atoms with Gasteiger partial charge in [0.2, 0.25) is 5.82 Å². The average molecular weight is 230 g/mol. The number of carboxylic acid groups (broad SMARTS) is 1. The quantitative estimate of drug-likeness (QED) is 0.880. The molecule has 0 amide bonds. The maximum atomic E-state index is 10.9. The third-order valence-electron chi connectivity index (χ3n) is 2.73. The summed E-state index contributed by atoms with van der Waals surface area (Å²) in [5, 5.41) is 8.92. The van der Waals surface area contributed by atoms with Crippen LogP contribution in [-0.2, 0) is 13.5 Å². The largest absolute Gasteiger partial charge is 0.475 e. The summed E-state index contributed by atoms with van der Waals surface area (Å²) in [4.78, 5) is 15.0. The summed E-state index contributed by atoms with van der Waals surface area (Å²) in [6.07, 6.45) is 2.72. The Balaban J connectivity index is 2.39. The molecule has 0 atom stereocenters. The number of benzene rings is 1. The van der Waals surface area contributed by atoms with E-state index in [-0.39, 0.29) is 5.82 Å². The first-order chi connectivity index (χ1) is 8.11. The minimum absolute atomic E-state index is 0.0552. The van der Waals surface area contributed by atoms with Crippen LogP contribution in [0, 0.1) is 0 Å². The van der Waals surface area contributed by atoms with Gasteiger partial charge < -0.3 is 9.67 Å². The van der Waals surface area contributed by atoms with Gasteiger partial charge in [0, 0.05) is 18.8 Å². The monoisotopic (exact) mass is 230 g/mol. The van der Waals surface area contributed by atoms with Crippen LogP contribution in [0.3, 0.4) is 0 Å². The van der Waals surface area contributed by atoms with Crippen molar-refractivity contribution in [1.29, 1.82) is 0 Å². The number of aromatic carboxylic acids is 1. The van der Waals surface area contributed by atoms with Gasteiger partial charge in [0.05, 0.1) is 5.69 Å². The van der Waals surface area contributed by atoms with Gasteiger partial charge in [0.15, 0.2) is 0 Å². The molecule has 0 aliphatic rings. The zero-order chi connectivity index (χ0) is 12.4. The van der Waals surface area contributed by atoms with E-state index in [0.29, 0.717) is 5.69 Å². The zero-order valence-corrected chi connectivity index (χ0v) is 9.84. The van der Waals surface area contributed by atoms with Crippen molar-refractivity contribution in [3.63, 3.8) is 0 Å². The fourth-order valence-electron chi connectivity index (χ4n) is 1.72. The second-order valence-electron chi connectivity index (χ2n) is 3.92. The molecule has 0 aliphatic heterocycles. The fourth-order valence-corrected chi connectivity index (χ4v) is 1.72. The SMILES string of the molecule is CCc1ccc(-c2cn(C)c(C(=O)O)n2)cc1. The normalized spacial score (nSPS) is 10.5. The van der Waals surface area contributed by atoms with Gasteiger partial charge in [0.1, 0.15) is 0 Å². The summed E-state index contributed by atoms with van der Waals surface area (Å²) in [6.45, 7) is 2.10. The molecule has 88 valence electrons. The molecule has 0 spiro atoms. The maximum Gasteiger partial charge on any atom is 0.372 e.